The molecule has 2 nitrogen and oxygen atoms in total. The number of rotatable bonds is 4. The van der Waals surface area contributed by atoms with E-state index < -0.39 is 0 Å². The van der Waals surface area contributed by atoms with E-state index in [0.717, 1.165) is 9.81 Å². The summed E-state index contributed by atoms with van der Waals surface area (Å²) >= 11 is 6.58. The summed E-state index contributed by atoms with van der Waals surface area (Å²) in [6.45, 7) is 3.56. The van der Waals surface area contributed by atoms with Crippen LogP contribution in [0, 0.1) is 11.8 Å². The Kier molecular flexibility index (Phi) is 4.13. The number of carbonyl (C=O) groups excluding carboxylic acids is 1. The predicted molar refractivity (Wildman–Crippen MR) is 65.0 cm³/mol. The van der Waals surface area contributed by atoms with E-state index in [1.807, 2.05) is 6.08 Å². The van der Waals surface area contributed by atoms with Crippen LogP contribution in [0.2, 0.25) is 0 Å². The van der Waals surface area contributed by atoms with Gasteiger partial charge in [0, 0.05) is 5.57 Å². The molecular weight excluding hydrogens is 310 g/mol. The van der Waals surface area contributed by atoms with Gasteiger partial charge in [-0.3, -0.25) is 4.79 Å². The summed E-state index contributed by atoms with van der Waals surface area (Å²) in [5.74, 6) is 0.314. The molecule has 0 bridgehead atoms. The molecule has 0 aliphatic heterocycles. The van der Waals surface area contributed by atoms with Gasteiger partial charge >= 0.3 is 0 Å². The second-order valence-electron chi connectivity index (χ2n) is 3.18. The van der Waals surface area contributed by atoms with Gasteiger partial charge in [-0.25, -0.2) is 0 Å². The van der Waals surface area contributed by atoms with E-state index in [2.05, 4.69) is 38.4 Å². The molecule has 1 aliphatic carbocycles. The Balaban J connectivity index is 2.68. The smallest absolute Gasteiger partial charge is 0.244 e. The Bertz CT molecular complexity index is 316. The Labute approximate surface area is 100 Å². The summed E-state index contributed by atoms with van der Waals surface area (Å²) in [4.78, 5) is 11.1. The van der Waals surface area contributed by atoms with Crippen LogP contribution >= 0.6 is 31.9 Å². The van der Waals surface area contributed by atoms with E-state index in [9.17, 15) is 4.79 Å². The number of halogens is 2. The molecule has 14 heavy (non-hydrogen) atoms. The highest BCUT2D eigenvalue weighted by Gasteiger charge is 2.39. The molecule has 0 aromatic rings. The average Bonchev–Trinajstić information content (AvgIpc) is 2.77. The predicted octanol–water partition coefficient (Wildman–Crippen LogP) is 2.85. The van der Waals surface area contributed by atoms with Crippen molar-refractivity contribution >= 4 is 37.8 Å². The van der Waals surface area contributed by atoms with Gasteiger partial charge in [0.05, 0.1) is 3.39 Å². The maximum atomic E-state index is 11.1. The van der Waals surface area contributed by atoms with E-state index in [4.69, 9.17) is 5.73 Å². The van der Waals surface area contributed by atoms with Crippen molar-refractivity contribution in [1.29, 1.82) is 0 Å². The van der Waals surface area contributed by atoms with Crippen LogP contribution in [0.3, 0.4) is 0 Å². The molecule has 2 unspecified atom stereocenters. The molecule has 0 spiro atoms. The first kappa shape index (κ1) is 11.7. The summed E-state index contributed by atoms with van der Waals surface area (Å²) in [6.07, 6.45) is 6.30. The molecule has 2 N–H and O–H groups in total. The number of hydrogen-bond acceptors (Lipinski definition) is 1. The van der Waals surface area contributed by atoms with E-state index >= 15 is 0 Å². The number of primary amides is 1. The van der Waals surface area contributed by atoms with E-state index in [1.54, 1.807) is 12.2 Å². The van der Waals surface area contributed by atoms with Crippen LogP contribution in [-0.2, 0) is 4.79 Å². The number of nitrogens with two attached hydrogens (primary N) is 1. The molecule has 76 valence electrons. The van der Waals surface area contributed by atoms with E-state index in [-0.39, 0.29) is 11.8 Å². The molecule has 1 aliphatic rings. The Hall–Kier alpha value is -0.350. The highest BCUT2D eigenvalue weighted by atomic mass is 79.9. The molecule has 0 aromatic carbocycles. The topological polar surface area (TPSA) is 43.1 Å². The maximum Gasteiger partial charge on any atom is 0.244 e. The number of allylic oxidation sites excluding steroid dienone is 3. The Morgan fingerprint density at radius 1 is 1.50 bits per heavy atom. The molecule has 0 saturated heterocycles. The second kappa shape index (κ2) is 4.94. The van der Waals surface area contributed by atoms with Crippen LogP contribution in [0.5, 0.6) is 0 Å². The van der Waals surface area contributed by atoms with E-state index in [0.29, 0.717) is 11.5 Å². The monoisotopic (exact) mass is 319 g/mol. The van der Waals surface area contributed by atoms with Gasteiger partial charge in [0.1, 0.15) is 0 Å². The summed E-state index contributed by atoms with van der Waals surface area (Å²) in [7, 11) is 0. The first-order valence-electron chi connectivity index (χ1n) is 4.21. The molecular formula is C10H11Br2NO. The quantitative estimate of drug-likeness (QED) is 0.628. The molecule has 1 amide bonds. The van der Waals surface area contributed by atoms with Gasteiger partial charge in [0.2, 0.25) is 5.91 Å². The first-order valence-corrected chi connectivity index (χ1v) is 5.80. The van der Waals surface area contributed by atoms with Crippen molar-refractivity contribution in [2.75, 3.05) is 0 Å². The minimum Gasteiger partial charge on any atom is -0.366 e. The number of amides is 1. The lowest BCUT2D eigenvalue weighted by Crippen LogP contribution is -2.15. The van der Waals surface area contributed by atoms with Gasteiger partial charge < -0.3 is 5.73 Å². The van der Waals surface area contributed by atoms with Gasteiger partial charge in [0.15, 0.2) is 0 Å². The van der Waals surface area contributed by atoms with Crippen LogP contribution < -0.4 is 5.73 Å². The van der Waals surface area contributed by atoms with Gasteiger partial charge in [-0.05, 0) is 50.1 Å². The van der Waals surface area contributed by atoms with Crippen LogP contribution in [0.25, 0.3) is 0 Å². The molecule has 0 radical (unpaired) electrons. The Morgan fingerprint density at radius 3 is 2.57 bits per heavy atom. The van der Waals surface area contributed by atoms with Gasteiger partial charge in [-0.15, -0.1) is 0 Å². The minimum absolute atomic E-state index is 0.260. The lowest BCUT2D eigenvalue weighted by atomic mass is 10.1. The van der Waals surface area contributed by atoms with Crippen molar-refractivity contribution in [1.82, 2.24) is 0 Å². The normalized spacial score (nSPS) is 25.4. The lowest BCUT2D eigenvalue weighted by molar-refractivity contribution is -0.114. The highest BCUT2D eigenvalue weighted by Crippen LogP contribution is 2.46. The first-order chi connectivity index (χ1) is 6.56. The third-order valence-corrected chi connectivity index (χ3v) is 2.69. The zero-order valence-corrected chi connectivity index (χ0v) is 10.7. The number of carbonyl (C=O) groups is 1. The van der Waals surface area contributed by atoms with Crippen molar-refractivity contribution < 1.29 is 4.79 Å². The van der Waals surface area contributed by atoms with Gasteiger partial charge in [0.25, 0.3) is 0 Å². The third kappa shape index (κ3) is 3.10. The molecule has 0 aromatic heterocycles. The summed E-state index contributed by atoms with van der Waals surface area (Å²) < 4.78 is 0.917. The molecule has 4 heteroatoms. The average molecular weight is 321 g/mol. The summed E-state index contributed by atoms with van der Waals surface area (Å²) in [6, 6.07) is 0. The SMILES string of the molecule is C=C/C=C(/C(N)=O)C1CC1C=C(Br)Br. The summed E-state index contributed by atoms with van der Waals surface area (Å²) in [5.41, 5.74) is 5.93. The van der Waals surface area contributed by atoms with Gasteiger partial charge in [-0.1, -0.05) is 24.8 Å². The van der Waals surface area contributed by atoms with Gasteiger partial charge in [-0.2, -0.15) is 0 Å². The zero-order valence-electron chi connectivity index (χ0n) is 7.54. The van der Waals surface area contributed by atoms with E-state index in [1.165, 1.54) is 0 Å². The molecule has 0 heterocycles. The van der Waals surface area contributed by atoms with Crippen molar-refractivity contribution in [3.63, 3.8) is 0 Å². The molecule has 1 rings (SSSR count). The molecule has 1 saturated carbocycles. The minimum atomic E-state index is -0.350. The van der Waals surface area contributed by atoms with Crippen molar-refractivity contribution in [2.45, 2.75) is 6.42 Å². The van der Waals surface area contributed by atoms with Crippen LogP contribution in [0.15, 0.2) is 33.8 Å². The fourth-order valence-corrected chi connectivity index (χ4v) is 2.11. The highest BCUT2D eigenvalue weighted by molar-refractivity contribution is 9.28. The second-order valence-corrected chi connectivity index (χ2v) is 5.96. The zero-order chi connectivity index (χ0) is 10.7. The fraction of sp³-hybridized carbons (Fsp3) is 0.300. The van der Waals surface area contributed by atoms with Crippen LogP contribution in [0.1, 0.15) is 6.42 Å². The number of hydrogen-bond donors (Lipinski definition) is 1. The molecule has 2 atom stereocenters. The lowest BCUT2D eigenvalue weighted by Gasteiger charge is -1.98. The standard InChI is InChI=1S/C10H11Br2NO/c1-2-3-7(10(13)14)8-4-6(8)5-9(11)12/h2-3,5-6,8H,1,4H2,(H2,13,14)/b7-3+. The Morgan fingerprint density at radius 2 is 2.14 bits per heavy atom. The summed E-state index contributed by atoms with van der Waals surface area (Å²) in [5, 5.41) is 0. The maximum absolute atomic E-state index is 11.1. The fourth-order valence-electron chi connectivity index (χ4n) is 1.43. The van der Waals surface area contributed by atoms with Crippen LogP contribution in [-0.4, -0.2) is 5.91 Å². The van der Waals surface area contributed by atoms with Crippen molar-refractivity contribution in [3.8, 4) is 0 Å². The third-order valence-electron chi connectivity index (χ3n) is 2.16. The van der Waals surface area contributed by atoms with Crippen molar-refractivity contribution in [2.24, 2.45) is 17.6 Å². The van der Waals surface area contributed by atoms with Crippen LogP contribution in [0.4, 0.5) is 0 Å². The largest absolute Gasteiger partial charge is 0.366 e. The molecule has 1 fully saturated rings. The van der Waals surface area contributed by atoms with Crippen molar-refractivity contribution in [3.05, 3.63) is 33.8 Å².